The summed E-state index contributed by atoms with van der Waals surface area (Å²) in [6.45, 7) is 1.59. The number of amides is 1. The van der Waals surface area contributed by atoms with Crippen LogP contribution in [0.25, 0.3) is 0 Å². The lowest BCUT2D eigenvalue weighted by molar-refractivity contribution is -0.137. The topological polar surface area (TPSA) is 113 Å². The van der Waals surface area contributed by atoms with Gasteiger partial charge in [0.25, 0.3) is 0 Å². The van der Waals surface area contributed by atoms with Gasteiger partial charge in [0.2, 0.25) is 0 Å². The van der Waals surface area contributed by atoms with Crippen molar-refractivity contribution in [1.29, 1.82) is 0 Å². The lowest BCUT2D eigenvalue weighted by atomic mass is 10.2. The molecule has 27 heavy (non-hydrogen) atoms. The van der Waals surface area contributed by atoms with Crippen molar-refractivity contribution >= 4 is 26.6 Å². The largest absolute Gasteiger partial charge is 0.429 e. The van der Waals surface area contributed by atoms with Crippen LogP contribution in [-0.4, -0.2) is 30.1 Å². The minimum absolute atomic E-state index is 0.0655. The predicted octanol–water partition coefficient (Wildman–Crippen LogP) is 2.45. The second kappa shape index (κ2) is 7.70. The Kier molecular flexibility index (Phi) is 5.78. The third-order valence-electron chi connectivity index (χ3n) is 3.16. The van der Waals surface area contributed by atoms with Crippen LogP contribution < -0.4 is 15.4 Å². The van der Waals surface area contributed by atoms with Crippen LogP contribution in [0.2, 0.25) is 0 Å². The Morgan fingerprint density at radius 3 is 2.63 bits per heavy atom. The van der Waals surface area contributed by atoms with Crippen LogP contribution in [0.3, 0.4) is 0 Å². The molecule has 0 aliphatic heterocycles. The molecule has 2 aromatic rings. The average molecular weight is 404 g/mol. The molecule has 1 amide bonds. The number of pyridine rings is 1. The number of sulfonamides is 1. The summed E-state index contributed by atoms with van der Waals surface area (Å²) in [5.41, 5.74) is -1.33. The number of nitrogens with one attached hydrogen (secondary N) is 2. The Morgan fingerprint density at radius 1 is 1.30 bits per heavy atom. The van der Waals surface area contributed by atoms with E-state index in [1.807, 2.05) is 4.72 Å². The predicted molar refractivity (Wildman–Crippen MR) is 89.9 cm³/mol. The molecule has 1 heterocycles. The first-order valence-corrected chi connectivity index (χ1v) is 8.95. The summed E-state index contributed by atoms with van der Waals surface area (Å²) in [5.74, 6) is 0. The highest BCUT2D eigenvalue weighted by Crippen LogP contribution is 2.31. The molecule has 0 saturated heterocycles. The van der Waals surface area contributed by atoms with E-state index in [2.05, 4.69) is 10.3 Å². The van der Waals surface area contributed by atoms with Crippen LogP contribution in [0.4, 0.5) is 29.3 Å². The first-order valence-electron chi connectivity index (χ1n) is 7.47. The Bertz CT molecular complexity index is 1020. The van der Waals surface area contributed by atoms with Crippen molar-refractivity contribution in [1.82, 2.24) is 10.0 Å². The van der Waals surface area contributed by atoms with Crippen molar-refractivity contribution in [3.05, 3.63) is 53.6 Å². The monoisotopic (exact) mass is 404 g/mol. The Labute approximate surface area is 152 Å². The van der Waals surface area contributed by atoms with Crippen LogP contribution in [0.15, 0.2) is 47.7 Å². The molecule has 3 N–H and O–H groups in total. The molecule has 1 aromatic carbocycles. The molecular formula is C15H15F3N4O4S. The maximum atomic E-state index is 12.8. The molecule has 8 nitrogen and oxygen atoms in total. The van der Waals surface area contributed by atoms with Crippen LogP contribution >= 0.6 is 0 Å². The summed E-state index contributed by atoms with van der Waals surface area (Å²) in [6.07, 6.45) is -2.57. The number of carbonyl (C=O) groups is 1. The van der Waals surface area contributed by atoms with Gasteiger partial charge in [-0.3, -0.25) is 9.52 Å². The van der Waals surface area contributed by atoms with E-state index < -0.39 is 27.0 Å². The normalized spacial score (nSPS) is 12.7. The second-order valence-corrected chi connectivity index (χ2v) is 6.79. The zero-order chi connectivity index (χ0) is 20.2. The van der Waals surface area contributed by atoms with Crippen LogP contribution in [0.5, 0.6) is 0 Å². The number of anilines is 1. The molecule has 12 heteroatoms. The third-order valence-corrected chi connectivity index (χ3v) is 4.28. The Balaban J connectivity index is 2.51. The number of nitrogens with zero attached hydrogens (tertiary/aromatic N) is 2. The van der Waals surface area contributed by atoms with Crippen molar-refractivity contribution in [2.45, 2.75) is 13.1 Å². The number of carbonyl (C=O) groups excluding carboxylic acids is 1. The molecule has 0 atom stereocenters. The molecule has 0 saturated carbocycles. The summed E-state index contributed by atoms with van der Waals surface area (Å²) >= 11 is 0. The van der Waals surface area contributed by atoms with E-state index in [0.29, 0.717) is 4.73 Å². The number of benzene rings is 1. The van der Waals surface area contributed by atoms with Crippen molar-refractivity contribution in [2.24, 2.45) is 4.99 Å². The first kappa shape index (κ1) is 20.3. The van der Waals surface area contributed by atoms with Gasteiger partial charge in [-0.2, -0.15) is 26.3 Å². The van der Waals surface area contributed by atoms with Gasteiger partial charge >= 0.3 is 21.4 Å². The van der Waals surface area contributed by atoms with Crippen LogP contribution in [-0.2, 0) is 16.2 Å². The molecular weight excluding hydrogens is 389 g/mol. The van der Waals surface area contributed by atoms with E-state index in [9.17, 15) is 31.6 Å². The number of rotatable bonds is 4. The highest BCUT2D eigenvalue weighted by molar-refractivity contribution is 8.07. The van der Waals surface area contributed by atoms with Crippen LogP contribution in [0, 0.1) is 0 Å². The molecule has 146 valence electrons. The first-order chi connectivity index (χ1) is 12.5. The van der Waals surface area contributed by atoms with Gasteiger partial charge < -0.3 is 10.5 Å². The Hall–Kier alpha value is -3.02. The van der Waals surface area contributed by atoms with E-state index in [4.69, 9.17) is 0 Å². The number of hydrogen-bond donors (Lipinski definition) is 3. The molecule has 0 aliphatic carbocycles. The maximum absolute atomic E-state index is 12.8. The lowest BCUT2D eigenvalue weighted by Gasteiger charge is -2.09. The van der Waals surface area contributed by atoms with Crippen molar-refractivity contribution in [3.63, 3.8) is 0 Å². The quantitative estimate of drug-likeness (QED) is 0.680. The molecule has 0 aliphatic rings. The fourth-order valence-corrected chi connectivity index (χ4v) is 2.85. The summed E-state index contributed by atoms with van der Waals surface area (Å²) in [4.78, 5) is 15.6. The molecule has 0 spiro atoms. The minimum atomic E-state index is -4.57. The number of halogens is 3. The van der Waals surface area contributed by atoms with E-state index in [0.717, 1.165) is 36.7 Å². The van der Waals surface area contributed by atoms with Gasteiger partial charge in [-0.25, -0.2) is 4.99 Å². The molecule has 0 fully saturated rings. The molecule has 1 aromatic heterocycles. The van der Waals surface area contributed by atoms with Gasteiger partial charge in [-0.15, -0.1) is 0 Å². The standard InChI is InChI=1S/C15H15F3N4O4S/c1-2-19-14(23)27(25,26)21-13-9-22(24)7-6-12(13)20-11-5-3-4-10(8-11)15(16,17)18/h3-9,21,24H,2H2,1H3,(H,19,23). The second-order valence-electron chi connectivity index (χ2n) is 5.21. The molecule has 0 bridgehead atoms. The smallest absolute Gasteiger partial charge is 0.416 e. The SMILES string of the molecule is CCNC(=O)S(=O)(=O)Nc1cn(O)ccc1=Nc1cccc(C(F)(F)F)c1. The fraction of sp³-hybridized carbons (Fsp3) is 0.200. The highest BCUT2D eigenvalue weighted by Gasteiger charge is 2.30. The molecule has 0 radical (unpaired) electrons. The van der Waals surface area contributed by atoms with Gasteiger partial charge in [0.15, 0.2) is 0 Å². The zero-order valence-electron chi connectivity index (χ0n) is 13.9. The molecule has 2 rings (SSSR count). The number of hydrogen-bond acceptors (Lipinski definition) is 5. The summed E-state index contributed by atoms with van der Waals surface area (Å²) in [5, 5.41) is 10.2. The van der Waals surface area contributed by atoms with Gasteiger partial charge in [0.1, 0.15) is 0 Å². The van der Waals surface area contributed by atoms with E-state index >= 15 is 0 Å². The van der Waals surface area contributed by atoms with E-state index in [-0.39, 0.29) is 23.3 Å². The third kappa shape index (κ3) is 5.23. The van der Waals surface area contributed by atoms with Gasteiger partial charge in [-0.1, -0.05) is 6.07 Å². The minimum Gasteiger partial charge on any atom is -0.429 e. The summed E-state index contributed by atoms with van der Waals surface area (Å²) in [7, 11) is -4.50. The lowest BCUT2D eigenvalue weighted by Crippen LogP contribution is -2.35. The number of alkyl halides is 3. The average Bonchev–Trinajstić information content (AvgIpc) is 2.57. The highest BCUT2D eigenvalue weighted by atomic mass is 32.2. The Morgan fingerprint density at radius 2 is 2.00 bits per heavy atom. The van der Waals surface area contributed by atoms with Crippen molar-refractivity contribution in [2.75, 3.05) is 11.3 Å². The summed E-state index contributed by atoms with van der Waals surface area (Å²) < 4.78 is 64.8. The molecule has 0 unspecified atom stereocenters. The number of aromatic nitrogens is 1. The maximum Gasteiger partial charge on any atom is 0.416 e. The van der Waals surface area contributed by atoms with E-state index in [1.165, 1.54) is 13.0 Å². The van der Waals surface area contributed by atoms with Gasteiger partial charge in [-0.05, 0) is 31.2 Å². The summed E-state index contributed by atoms with van der Waals surface area (Å²) in [6, 6.07) is 5.25. The van der Waals surface area contributed by atoms with Crippen LogP contribution in [0.1, 0.15) is 12.5 Å². The van der Waals surface area contributed by atoms with Crippen molar-refractivity contribution < 1.29 is 31.6 Å². The van der Waals surface area contributed by atoms with Gasteiger partial charge in [0, 0.05) is 12.7 Å². The van der Waals surface area contributed by atoms with Crippen molar-refractivity contribution in [3.8, 4) is 0 Å². The van der Waals surface area contributed by atoms with E-state index in [1.54, 1.807) is 0 Å². The zero-order valence-corrected chi connectivity index (χ0v) is 14.7. The fourth-order valence-electron chi connectivity index (χ4n) is 1.98. The van der Waals surface area contributed by atoms with Gasteiger partial charge in [0.05, 0.1) is 28.5 Å².